The van der Waals surface area contributed by atoms with Crippen LogP contribution in [0, 0.1) is 10.1 Å². The molecule has 0 radical (unpaired) electrons. The van der Waals surface area contributed by atoms with Gasteiger partial charge in [0.05, 0.1) is 20.0 Å². The number of carbonyl (C=O) groups excluding carboxylic acids is 2. The quantitative estimate of drug-likeness (QED) is 0.305. The van der Waals surface area contributed by atoms with Crippen molar-refractivity contribution in [3.8, 4) is 5.75 Å². The first-order chi connectivity index (χ1) is 12.8. The van der Waals surface area contributed by atoms with Crippen LogP contribution in [0.15, 0.2) is 36.4 Å². The third kappa shape index (κ3) is 6.28. The molecule has 2 aromatic rings. The predicted molar refractivity (Wildman–Crippen MR) is 99.7 cm³/mol. The van der Waals surface area contributed by atoms with E-state index in [0.717, 1.165) is 0 Å². The molecule has 27 heavy (non-hydrogen) atoms. The summed E-state index contributed by atoms with van der Waals surface area (Å²) in [4.78, 5) is 33.5. The standard InChI is InChI=1S/C16H11Cl3N2O6/c17-11-5-13(19)14(6-12(11)18)26-8-16(23)27-7-15(22)20-9-2-1-3-10(4-9)21(24)25/h1-6H,7-8H2,(H,20,22). The molecule has 1 N–H and O–H groups in total. The lowest BCUT2D eigenvalue weighted by molar-refractivity contribution is -0.384. The molecule has 0 aliphatic heterocycles. The van der Waals surface area contributed by atoms with Gasteiger partial charge in [-0.25, -0.2) is 4.79 Å². The molecule has 142 valence electrons. The molecule has 0 aliphatic carbocycles. The Morgan fingerprint density at radius 3 is 2.44 bits per heavy atom. The minimum atomic E-state index is -0.827. The lowest BCUT2D eigenvalue weighted by atomic mass is 10.3. The van der Waals surface area contributed by atoms with Gasteiger partial charge in [-0.05, 0) is 12.1 Å². The van der Waals surface area contributed by atoms with Gasteiger partial charge < -0.3 is 14.8 Å². The first kappa shape index (κ1) is 20.8. The van der Waals surface area contributed by atoms with Crippen LogP contribution in [0.3, 0.4) is 0 Å². The molecule has 0 fully saturated rings. The second kappa shape index (κ2) is 9.40. The average Bonchev–Trinajstić information content (AvgIpc) is 2.62. The summed E-state index contributed by atoms with van der Waals surface area (Å²) in [6, 6.07) is 8.03. The number of rotatable bonds is 7. The van der Waals surface area contributed by atoms with Crippen molar-refractivity contribution in [2.45, 2.75) is 0 Å². The summed E-state index contributed by atoms with van der Waals surface area (Å²) >= 11 is 17.5. The lowest BCUT2D eigenvalue weighted by Crippen LogP contribution is -2.23. The smallest absolute Gasteiger partial charge is 0.344 e. The predicted octanol–water partition coefficient (Wildman–Crippen LogP) is 4.12. The van der Waals surface area contributed by atoms with Crippen LogP contribution in [0.25, 0.3) is 0 Å². The van der Waals surface area contributed by atoms with Crippen molar-refractivity contribution < 1.29 is 24.0 Å². The lowest BCUT2D eigenvalue weighted by Gasteiger charge is -2.09. The Balaban J connectivity index is 1.81. The number of hydrogen-bond acceptors (Lipinski definition) is 6. The Labute approximate surface area is 168 Å². The van der Waals surface area contributed by atoms with Crippen molar-refractivity contribution in [1.82, 2.24) is 0 Å². The number of amides is 1. The maximum absolute atomic E-state index is 11.8. The van der Waals surface area contributed by atoms with Gasteiger partial charge in [0.1, 0.15) is 5.75 Å². The van der Waals surface area contributed by atoms with Crippen LogP contribution in [-0.2, 0) is 14.3 Å². The summed E-state index contributed by atoms with van der Waals surface area (Å²) in [5, 5.41) is 13.6. The van der Waals surface area contributed by atoms with Crippen LogP contribution in [0.2, 0.25) is 15.1 Å². The molecule has 11 heteroatoms. The zero-order valence-corrected chi connectivity index (χ0v) is 15.7. The molecule has 0 spiro atoms. The van der Waals surface area contributed by atoms with Crippen molar-refractivity contribution in [2.24, 2.45) is 0 Å². The van der Waals surface area contributed by atoms with E-state index in [1.54, 1.807) is 0 Å². The zero-order valence-electron chi connectivity index (χ0n) is 13.4. The second-order valence-electron chi connectivity index (χ2n) is 5.00. The van der Waals surface area contributed by atoms with Crippen LogP contribution in [-0.4, -0.2) is 30.0 Å². The molecule has 0 aliphatic rings. The SMILES string of the molecule is O=C(COC(=O)COc1cc(Cl)c(Cl)cc1Cl)Nc1cccc([N+](=O)[O-])c1. The normalized spacial score (nSPS) is 10.2. The van der Waals surface area contributed by atoms with E-state index < -0.39 is 30.0 Å². The molecule has 0 aromatic heterocycles. The van der Waals surface area contributed by atoms with Crippen LogP contribution >= 0.6 is 34.8 Å². The van der Waals surface area contributed by atoms with E-state index in [2.05, 4.69) is 5.32 Å². The number of nitrogens with one attached hydrogen (secondary N) is 1. The number of esters is 1. The number of nitrogens with zero attached hydrogens (tertiary/aromatic N) is 1. The first-order valence-corrected chi connectivity index (χ1v) is 8.37. The summed E-state index contributed by atoms with van der Waals surface area (Å²) in [6.45, 7) is -1.11. The number of nitro groups is 1. The molecule has 0 bridgehead atoms. The van der Waals surface area contributed by atoms with E-state index in [1.165, 1.54) is 36.4 Å². The Morgan fingerprint density at radius 1 is 1.04 bits per heavy atom. The van der Waals surface area contributed by atoms with Crippen molar-refractivity contribution in [1.29, 1.82) is 0 Å². The Hall–Kier alpha value is -2.55. The Kier molecular flexibility index (Phi) is 7.23. The summed E-state index contributed by atoms with van der Waals surface area (Å²) < 4.78 is 9.93. The minimum Gasteiger partial charge on any atom is -0.480 e. The van der Waals surface area contributed by atoms with Gasteiger partial charge in [0.15, 0.2) is 13.2 Å². The van der Waals surface area contributed by atoms with E-state index in [9.17, 15) is 19.7 Å². The number of anilines is 1. The fraction of sp³-hybridized carbons (Fsp3) is 0.125. The molecule has 2 aromatic carbocycles. The van der Waals surface area contributed by atoms with E-state index in [-0.39, 0.29) is 32.2 Å². The van der Waals surface area contributed by atoms with Gasteiger partial charge in [-0.3, -0.25) is 14.9 Å². The third-order valence-corrected chi connectivity index (χ3v) is 4.04. The van der Waals surface area contributed by atoms with Gasteiger partial charge >= 0.3 is 5.97 Å². The highest BCUT2D eigenvalue weighted by molar-refractivity contribution is 6.43. The summed E-state index contributed by atoms with van der Waals surface area (Å²) in [6.07, 6.45) is 0. The van der Waals surface area contributed by atoms with Gasteiger partial charge in [0, 0.05) is 23.9 Å². The molecule has 0 heterocycles. The fourth-order valence-electron chi connectivity index (χ4n) is 1.83. The monoisotopic (exact) mass is 432 g/mol. The first-order valence-electron chi connectivity index (χ1n) is 7.23. The van der Waals surface area contributed by atoms with Crippen molar-refractivity contribution in [2.75, 3.05) is 18.5 Å². The number of ether oxygens (including phenoxy) is 2. The van der Waals surface area contributed by atoms with E-state index in [0.29, 0.717) is 0 Å². The van der Waals surface area contributed by atoms with E-state index >= 15 is 0 Å². The molecule has 0 atom stereocenters. The molecular weight excluding hydrogens is 423 g/mol. The van der Waals surface area contributed by atoms with Gasteiger partial charge in [-0.1, -0.05) is 40.9 Å². The minimum absolute atomic E-state index is 0.129. The summed E-state index contributed by atoms with van der Waals surface area (Å²) in [5.41, 5.74) is 0.0146. The number of benzene rings is 2. The molecule has 1 amide bonds. The Morgan fingerprint density at radius 2 is 1.74 bits per heavy atom. The highest BCUT2D eigenvalue weighted by Gasteiger charge is 2.13. The van der Waals surface area contributed by atoms with Crippen LogP contribution in [0.5, 0.6) is 5.75 Å². The van der Waals surface area contributed by atoms with Gasteiger partial charge in [-0.2, -0.15) is 0 Å². The van der Waals surface area contributed by atoms with Crippen LogP contribution < -0.4 is 10.1 Å². The van der Waals surface area contributed by atoms with Crippen molar-refractivity contribution >= 4 is 58.1 Å². The fourth-order valence-corrected chi connectivity index (χ4v) is 2.42. The third-order valence-electron chi connectivity index (χ3n) is 3.03. The highest BCUT2D eigenvalue weighted by Crippen LogP contribution is 2.33. The topological polar surface area (TPSA) is 108 Å². The van der Waals surface area contributed by atoms with Crippen LogP contribution in [0.1, 0.15) is 0 Å². The number of halogens is 3. The highest BCUT2D eigenvalue weighted by atomic mass is 35.5. The van der Waals surface area contributed by atoms with Gasteiger partial charge in [0.2, 0.25) is 0 Å². The Bertz CT molecular complexity index is 890. The largest absolute Gasteiger partial charge is 0.480 e. The number of non-ortho nitro benzene ring substituents is 1. The van der Waals surface area contributed by atoms with E-state index in [1.807, 2.05) is 0 Å². The molecule has 8 nitrogen and oxygen atoms in total. The number of nitro benzene ring substituents is 1. The second-order valence-corrected chi connectivity index (χ2v) is 6.22. The number of hydrogen-bond donors (Lipinski definition) is 1. The maximum Gasteiger partial charge on any atom is 0.344 e. The van der Waals surface area contributed by atoms with Gasteiger partial charge in [0.25, 0.3) is 11.6 Å². The zero-order chi connectivity index (χ0) is 20.0. The molecule has 0 unspecified atom stereocenters. The molecule has 0 saturated carbocycles. The van der Waals surface area contributed by atoms with Crippen molar-refractivity contribution in [3.63, 3.8) is 0 Å². The summed E-state index contributed by atoms with van der Waals surface area (Å²) in [7, 11) is 0. The van der Waals surface area contributed by atoms with Crippen molar-refractivity contribution in [3.05, 3.63) is 61.6 Å². The van der Waals surface area contributed by atoms with Crippen LogP contribution in [0.4, 0.5) is 11.4 Å². The maximum atomic E-state index is 11.8. The summed E-state index contributed by atoms with van der Waals surface area (Å²) in [5.74, 6) is -1.37. The average molecular weight is 434 g/mol. The van der Waals surface area contributed by atoms with E-state index in [4.69, 9.17) is 44.3 Å². The molecule has 0 saturated heterocycles. The van der Waals surface area contributed by atoms with Gasteiger partial charge in [-0.15, -0.1) is 0 Å². The molecule has 2 rings (SSSR count). The molecular formula is C16H11Cl3N2O6. The number of carbonyl (C=O) groups is 2.